The summed E-state index contributed by atoms with van der Waals surface area (Å²) in [6.45, 7) is 1.53. The molecule has 0 atom stereocenters. The average Bonchev–Trinajstić information content (AvgIpc) is 2.56. The van der Waals surface area contributed by atoms with Crippen LogP contribution in [0.15, 0.2) is 55.0 Å². The number of carbonyl (C=O) groups is 1. The molecule has 5 heteroatoms. The third-order valence-corrected chi connectivity index (χ3v) is 3.32. The highest BCUT2D eigenvalue weighted by molar-refractivity contribution is 5.94. The van der Waals surface area contributed by atoms with Gasteiger partial charge in [0, 0.05) is 29.1 Å². The minimum atomic E-state index is 0.0229. The summed E-state index contributed by atoms with van der Waals surface area (Å²) >= 11 is 0. The maximum Gasteiger partial charge on any atom is 0.159 e. The van der Waals surface area contributed by atoms with Gasteiger partial charge >= 0.3 is 0 Å². The van der Waals surface area contributed by atoms with E-state index in [1.165, 1.54) is 6.92 Å². The zero-order valence-corrected chi connectivity index (χ0v) is 12.0. The molecular weight excluding hydrogens is 276 g/mol. The molecule has 2 heterocycles. The molecule has 0 aliphatic rings. The molecule has 2 aromatic heterocycles. The topological polar surface area (TPSA) is 81.8 Å². The molecule has 3 rings (SSSR count). The van der Waals surface area contributed by atoms with Gasteiger partial charge in [0.05, 0.1) is 11.9 Å². The number of Topliss-reactive ketones (excluding diaryl/α,β-unsaturated/α-hetero) is 1. The Kier molecular flexibility index (Phi) is 3.62. The molecule has 108 valence electrons. The predicted octanol–water partition coefficient (Wildman–Crippen LogP) is 2.99. The van der Waals surface area contributed by atoms with E-state index in [-0.39, 0.29) is 5.78 Å². The lowest BCUT2D eigenvalue weighted by atomic mass is 10.1. The molecule has 2 N–H and O–H groups in total. The van der Waals surface area contributed by atoms with Crippen molar-refractivity contribution >= 4 is 11.6 Å². The van der Waals surface area contributed by atoms with Crippen molar-refractivity contribution in [3.63, 3.8) is 0 Å². The van der Waals surface area contributed by atoms with Crippen LogP contribution in [0.4, 0.5) is 5.82 Å². The van der Waals surface area contributed by atoms with Crippen molar-refractivity contribution in [2.45, 2.75) is 6.92 Å². The number of carbonyl (C=O) groups excluding carboxylic acids is 1. The Morgan fingerprint density at radius 1 is 1.05 bits per heavy atom. The van der Waals surface area contributed by atoms with Crippen molar-refractivity contribution in [2.24, 2.45) is 0 Å². The Balaban J connectivity index is 2.05. The van der Waals surface area contributed by atoms with Crippen LogP contribution in [0.1, 0.15) is 17.3 Å². The van der Waals surface area contributed by atoms with Gasteiger partial charge in [-0.2, -0.15) is 0 Å². The quantitative estimate of drug-likeness (QED) is 0.750. The fourth-order valence-electron chi connectivity index (χ4n) is 2.13. The van der Waals surface area contributed by atoms with Crippen LogP contribution < -0.4 is 5.73 Å². The van der Waals surface area contributed by atoms with Crippen LogP contribution in [0.3, 0.4) is 0 Å². The van der Waals surface area contributed by atoms with Crippen LogP contribution in [0.25, 0.3) is 22.5 Å². The molecule has 1 aromatic carbocycles. The van der Waals surface area contributed by atoms with Crippen LogP contribution in [-0.4, -0.2) is 20.7 Å². The number of hydrogen-bond acceptors (Lipinski definition) is 5. The van der Waals surface area contributed by atoms with E-state index in [2.05, 4.69) is 15.0 Å². The number of nitrogens with zero attached hydrogens (tertiary/aromatic N) is 3. The second kappa shape index (κ2) is 5.73. The Bertz CT molecular complexity index is 814. The molecule has 0 fully saturated rings. The first kappa shape index (κ1) is 13.9. The van der Waals surface area contributed by atoms with E-state index in [1.54, 1.807) is 30.7 Å². The molecular formula is C17H14N4O. The summed E-state index contributed by atoms with van der Waals surface area (Å²) in [7, 11) is 0. The lowest BCUT2D eigenvalue weighted by Crippen LogP contribution is -1.99. The summed E-state index contributed by atoms with van der Waals surface area (Å²) in [5, 5.41) is 0. The number of hydrogen-bond donors (Lipinski definition) is 1. The van der Waals surface area contributed by atoms with Gasteiger partial charge in [0.25, 0.3) is 0 Å². The second-order valence-electron chi connectivity index (χ2n) is 4.86. The lowest BCUT2D eigenvalue weighted by molar-refractivity contribution is 0.101. The molecule has 0 spiro atoms. The third-order valence-electron chi connectivity index (χ3n) is 3.32. The molecule has 0 saturated carbocycles. The van der Waals surface area contributed by atoms with Gasteiger partial charge < -0.3 is 5.73 Å². The number of aromatic nitrogens is 3. The molecule has 3 aromatic rings. The molecule has 0 radical (unpaired) electrons. The Labute approximate surface area is 127 Å². The summed E-state index contributed by atoms with van der Waals surface area (Å²) in [5.41, 5.74) is 9.58. The van der Waals surface area contributed by atoms with Crippen molar-refractivity contribution in [3.8, 4) is 22.5 Å². The molecule has 22 heavy (non-hydrogen) atoms. The normalized spacial score (nSPS) is 10.4. The molecule has 0 bridgehead atoms. The van der Waals surface area contributed by atoms with Crippen LogP contribution in [0.2, 0.25) is 0 Å². The minimum Gasteiger partial charge on any atom is -0.382 e. The highest BCUT2D eigenvalue weighted by Crippen LogP contribution is 2.25. The zero-order chi connectivity index (χ0) is 15.5. The van der Waals surface area contributed by atoms with E-state index in [0.29, 0.717) is 22.8 Å². The summed E-state index contributed by atoms with van der Waals surface area (Å²) in [6, 6.07) is 10.9. The first-order chi connectivity index (χ1) is 10.6. The van der Waals surface area contributed by atoms with Gasteiger partial charge in [-0.25, -0.2) is 9.97 Å². The van der Waals surface area contributed by atoms with Gasteiger partial charge in [-0.05, 0) is 19.1 Å². The van der Waals surface area contributed by atoms with Gasteiger partial charge in [0.1, 0.15) is 11.5 Å². The van der Waals surface area contributed by atoms with Crippen molar-refractivity contribution in [1.82, 2.24) is 15.0 Å². The van der Waals surface area contributed by atoms with Gasteiger partial charge in [0.15, 0.2) is 5.78 Å². The fraction of sp³-hybridized carbons (Fsp3) is 0.0588. The largest absolute Gasteiger partial charge is 0.382 e. The number of anilines is 1. The van der Waals surface area contributed by atoms with Crippen LogP contribution in [0.5, 0.6) is 0 Å². The number of pyridine rings is 1. The van der Waals surface area contributed by atoms with Crippen LogP contribution in [-0.2, 0) is 0 Å². The predicted molar refractivity (Wildman–Crippen MR) is 85.1 cm³/mol. The van der Waals surface area contributed by atoms with E-state index >= 15 is 0 Å². The number of rotatable bonds is 3. The third kappa shape index (κ3) is 2.69. The number of nitrogen functional groups attached to an aromatic ring is 1. The Morgan fingerprint density at radius 3 is 2.45 bits per heavy atom. The van der Waals surface area contributed by atoms with E-state index in [0.717, 1.165) is 11.1 Å². The summed E-state index contributed by atoms with van der Waals surface area (Å²) in [5.74, 6) is 0.373. The summed E-state index contributed by atoms with van der Waals surface area (Å²) in [4.78, 5) is 24.2. The lowest BCUT2D eigenvalue weighted by Gasteiger charge is -2.07. The van der Waals surface area contributed by atoms with E-state index in [4.69, 9.17) is 5.73 Å². The fourth-order valence-corrected chi connectivity index (χ4v) is 2.13. The number of ketones is 1. The maximum absolute atomic E-state index is 11.3. The second-order valence-corrected chi connectivity index (χ2v) is 4.86. The minimum absolute atomic E-state index is 0.0229. The van der Waals surface area contributed by atoms with Crippen molar-refractivity contribution in [1.29, 1.82) is 0 Å². The van der Waals surface area contributed by atoms with Crippen molar-refractivity contribution < 1.29 is 4.79 Å². The van der Waals surface area contributed by atoms with Crippen LogP contribution in [0, 0.1) is 0 Å². The standard InChI is InChI=1S/C17H14N4O/c1-11(22)12-4-6-13(7-5-12)16-17(18)20-10-15(21-16)14-3-2-8-19-9-14/h2-10H,1H3,(H2,18,20). The maximum atomic E-state index is 11.3. The van der Waals surface area contributed by atoms with E-state index in [9.17, 15) is 4.79 Å². The van der Waals surface area contributed by atoms with Gasteiger partial charge in [-0.15, -0.1) is 0 Å². The highest BCUT2D eigenvalue weighted by atomic mass is 16.1. The number of nitrogens with two attached hydrogens (primary N) is 1. The monoisotopic (exact) mass is 290 g/mol. The summed E-state index contributed by atoms with van der Waals surface area (Å²) in [6.07, 6.45) is 5.05. The Hall–Kier alpha value is -3.08. The average molecular weight is 290 g/mol. The molecule has 0 saturated heterocycles. The Morgan fingerprint density at radius 2 is 1.82 bits per heavy atom. The summed E-state index contributed by atoms with van der Waals surface area (Å²) < 4.78 is 0. The smallest absolute Gasteiger partial charge is 0.159 e. The first-order valence-corrected chi connectivity index (χ1v) is 6.79. The SMILES string of the molecule is CC(=O)c1ccc(-c2nc(-c3cccnc3)cnc2N)cc1. The van der Waals surface area contributed by atoms with Crippen LogP contribution >= 0.6 is 0 Å². The molecule has 0 aliphatic heterocycles. The first-order valence-electron chi connectivity index (χ1n) is 6.79. The molecule has 0 amide bonds. The molecule has 0 aliphatic carbocycles. The van der Waals surface area contributed by atoms with Crippen molar-refractivity contribution in [3.05, 3.63) is 60.6 Å². The van der Waals surface area contributed by atoms with Gasteiger partial charge in [-0.3, -0.25) is 9.78 Å². The zero-order valence-electron chi connectivity index (χ0n) is 12.0. The molecule has 0 unspecified atom stereocenters. The van der Waals surface area contributed by atoms with E-state index in [1.807, 2.05) is 24.3 Å². The molecule has 5 nitrogen and oxygen atoms in total. The number of benzene rings is 1. The van der Waals surface area contributed by atoms with Gasteiger partial charge in [0.2, 0.25) is 0 Å². The van der Waals surface area contributed by atoms with Gasteiger partial charge in [-0.1, -0.05) is 24.3 Å². The highest BCUT2D eigenvalue weighted by Gasteiger charge is 2.09. The van der Waals surface area contributed by atoms with Crippen molar-refractivity contribution in [2.75, 3.05) is 5.73 Å². The van der Waals surface area contributed by atoms with E-state index < -0.39 is 0 Å².